The summed E-state index contributed by atoms with van der Waals surface area (Å²) in [6, 6.07) is 5.34. The summed E-state index contributed by atoms with van der Waals surface area (Å²) in [5, 5.41) is 0.195. The van der Waals surface area contributed by atoms with E-state index in [1.807, 2.05) is 0 Å². The van der Waals surface area contributed by atoms with Crippen LogP contribution in [-0.4, -0.2) is 37.4 Å². The van der Waals surface area contributed by atoms with Crippen molar-refractivity contribution in [3.63, 3.8) is 0 Å². The third kappa shape index (κ3) is 4.25. The van der Waals surface area contributed by atoms with Gasteiger partial charge in [-0.1, -0.05) is 17.7 Å². The number of ether oxygens (including phenoxy) is 2. The number of morpholine rings is 1. The van der Waals surface area contributed by atoms with Gasteiger partial charge >= 0.3 is 6.18 Å². The minimum absolute atomic E-state index is 0.0321. The number of allylic oxidation sites excluding steroid dienone is 1. The van der Waals surface area contributed by atoms with Gasteiger partial charge in [-0.05, 0) is 18.2 Å². The molecule has 21 heavy (non-hydrogen) atoms. The second kappa shape index (κ2) is 6.53. The standard InChI is InChI=1S/C13H12ClF4NO2/c14-9-2-1-3-10(8-9)21-11(13(16,17)18)12(15)19-4-6-20-7-5-19/h1-3,8H,4-7H2/b12-11+. The molecule has 0 N–H and O–H groups in total. The van der Waals surface area contributed by atoms with E-state index in [0.29, 0.717) is 0 Å². The highest BCUT2D eigenvalue weighted by Crippen LogP contribution is 2.33. The predicted molar refractivity (Wildman–Crippen MR) is 68.7 cm³/mol. The molecule has 3 nitrogen and oxygen atoms in total. The fourth-order valence-electron chi connectivity index (χ4n) is 1.77. The number of hydrogen-bond acceptors (Lipinski definition) is 3. The van der Waals surface area contributed by atoms with Crippen LogP contribution in [0.4, 0.5) is 17.6 Å². The molecule has 1 aromatic carbocycles. The highest BCUT2D eigenvalue weighted by atomic mass is 35.5. The van der Waals surface area contributed by atoms with Crippen LogP contribution in [0.15, 0.2) is 36.0 Å². The Kier molecular flexibility index (Phi) is 4.95. The fourth-order valence-corrected chi connectivity index (χ4v) is 1.95. The molecule has 1 heterocycles. The number of rotatable bonds is 3. The molecule has 0 amide bonds. The average Bonchev–Trinajstić information content (AvgIpc) is 2.44. The lowest BCUT2D eigenvalue weighted by Gasteiger charge is -2.28. The number of benzene rings is 1. The summed E-state index contributed by atoms with van der Waals surface area (Å²) < 4.78 is 62.8. The minimum Gasteiger partial charge on any atom is -0.448 e. The quantitative estimate of drug-likeness (QED) is 0.480. The molecule has 2 rings (SSSR count). The van der Waals surface area contributed by atoms with Crippen molar-refractivity contribution in [2.24, 2.45) is 0 Å². The summed E-state index contributed by atoms with van der Waals surface area (Å²) in [5.74, 6) is -3.32. The topological polar surface area (TPSA) is 21.7 Å². The van der Waals surface area contributed by atoms with Crippen molar-refractivity contribution in [1.29, 1.82) is 0 Å². The molecule has 0 spiro atoms. The first-order valence-electron chi connectivity index (χ1n) is 6.11. The molecule has 116 valence electrons. The van der Waals surface area contributed by atoms with Crippen LogP contribution in [0.1, 0.15) is 0 Å². The Morgan fingerprint density at radius 2 is 1.90 bits per heavy atom. The smallest absolute Gasteiger partial charge is 0.448 e. The van der Waals surface area contributed by atoms with E-state index in [1.165, 1.54) is 24.3 Å². The Balaban J connectivity index is 2.29. The maximum atomic E-state index is 14.1. The van der Waals surface area contributed by atoms with Crippen molar-refractivity contribution in [1.82, 2.24) is 4.90 Å². The molecule has 0 aromatic heterocycles. The lowest BCUT2D eigenvalue weighted by Crippen LogP contribution is -2.37. The Hall–Kier alpha value is -1.47. The first-order valence-corrected chi connectivity index (χ1v) is 6.49. The van der Waals surface area contributed by atoms with Crippen LogP contribution in [0.25, 0.3) is 0 Å². The average molecular weight is 326 g/mol. The van der Waals surface area contributed by atoms with Crippen LogP contribution in [0.3, 0.4) is 0 Å². The largest absolute Gasteiger partial charge is 0.454 e. The first-order chi connectivity index (χ1) is 9.88. The van der Waals surface area contributed by atoms with E-state index in [1.54, 1.807) is 0 Å². The molecular weight excluding hydrogens is 314 g/mol. The fraction of sp³-hybridized carbons (Fsp3) is 0.385. The van der Waals surface area contributed by atoms with Crippen LogP contribution in [0, 0.1) is 0 Å². The molecule has 1 saturated heterocycles. The summed E-state index contributed by atoms with van der Waals surface area (Å²) in [6.45, 7) is 0.389. The molecule has 1 aliphatic heterocycles. The molecule has 8 heteroatoms. The van der Waals surface area contributed by atoms with Gasteiger partial charge < -0.3 is 14.4 Å². The van der Waals surface area contributed by atoms with E-state index in [4.69, 9.17) is 16.3 Å². The summed E-state index contributed by atoms with van der Waals surface area (Å²) in [7, 11) is 0. The van der Waals surface area contributed by atoms with Gasteiger partial charge in [-0.25, -0.2) is 0 Å². The van der Waals surface area contributed by atoms with Crippen molar-refractivity contribution in [2.75, 3.05) is 26.3 Å². The zero-order valence-electron chi connectivity index (χ0n) is 10.8. The van der Waals surface area contributed by atoms with E-state index in [9.17, 15) is 17.6 Å². The van der Waals surface area contributed by atoms with Crippen molar-refractivity contribution in [3.8, 4) is 5.75 Å². The number of hydrogen-bond donors (Lipinski definition) is 0. The van der Waals surface area contributed by atoms with Gasteiger partial charge in [0.25, 0.3) is 5.76 Å². The molecule has 1 aliphatic rings. The second-order valence-electron chi connectivity index (χ2n) is 4.28. The van der Waals surface area contributed by atoms with Crippen molar-refractivity contribution in [2.45, 2.75) is 6.18 Å². The Bertz CT molecular complexity index is 527. The molecule has 0 saturated carbocycles. The molecule has 1 fully saturated rings. The third-order valence-corrected chi connectivity index (χ3v) is 2.98. The van der Waals surface area contributed by atoms with Crippen molar-refractivity contribution in [3.05, 3.63) is 41.0 Å². The predicted octanol–water partition coefficient (Wildman–Crippen LogP) is 3.75. The van der Waals surface area contributed by atoms with Gasteiger partial charge in [0.2, 0.25) is 5.95 Å². The summed E-state index contributed by atoms with van der Waals surface area (Å²) in [6.07, 6.45) is -4.95. The van der Waals surface area contributed by atoms with E-state index in [0.717, 1.165) is 4.90 Å². The molecule has 0 atom stereocenters. The minimum atomic E-state index is -4.95. The Morgan fingerprint density at radius 1 is 1.24 bits per heavy atom. The van der Waals surface area contributed by atoms with Gasteiger partial charge in [-0.15, -0.1) is 0 Å². The normalized spacial score (nSPS) is 17.5. The highest BCUT2D eigenvalue weighted by molar-refractivity contribution is 6.30. The second-order valence-corrected chi connectivity index (χ2v) is 4.71. The SMILES string of the molecule is F/C(=C(\Oc1cccc(Cl)c1)C(F)(F)F)N1CCOCC1. The van der Waals surface area contributed by atoms with Gasteiger partial charge in [0.15, 0.2) is 0 Å². The van der Waals surface area contributed by atoms with Crippen LogP contribution < -0.4 is 4.74 Å². The van der Waals surface area contributed by atoms with Crippen LogP contribution in [0.5, 0.6) is 5.75 Å². The molecule has 0 bridgehead atoms. The van der Waals surface area contributed by atoms with Crippen molar-refractivity contribution >= 4 is 11.6 Å². The van der Waals surface area contributed by atoms with Gasteiger partial charge in [0, 0.05) is 18.1 Å². The summed E-state index contributed by atoms with van der Waals surface area (Å²) >= 11 is 5.67. The Morgan fingerprint density at radius 3 is 2.48 bits per heavy atom. The number of halogens is 5. The first kappa shape index (κ1) is 15.9. The Labute approximate surface area is 123 Å². The van der Waals surface area contributed by atoms with E-state index in [2.05, 4.69) is 4.74 Å². The zero-order chi connectivity index (χ0) is 15.5. The third-order valence-electron chi connectivity index (χ3n) is 2.75. The van der Waals surface area contributed by atoms with Crippen LogP contribution >= 0.6 is 11.6 Å². The van der Waals surface area contributed by atoms with E-state index in [-0.39, 0.29) is 37.1 Å². The number of nitrogens with zero attached hydrogens (tertiary/aromatic N) is 1. The highest BCUT2D eigenvalue weighted by Gasteiger charge is 2.42. The molecule has 0 aliphatic carbocycles. The summed E-state index contributed by atoms with van der Waals surface area (Å²) in [5.41, 5.74) is 0. The monoisotopic (exact) mass is 325 g/mol. The van der Waals surface area contributed by atoms with Crippen LogP contribution in [-0.2, 0) is 4.74 Å². The van der Waals surface area contributed by atoms with Gasteiger partial charge in [-0.3, -0.25) is 0 Å². The van der Waals surface area contributed by atoms with Crippen LogP contribution in [0.2, 0.25) is 5.02 Å². The zero-order valence-corrected chi connectivity index (χ0v) is 11.5. The van der Waals surface area contributed by atoms with Crippen molar-refractivity contribution < 1.29 is 27.0 Å². The maximum absolute atomic E-state index is 14.1. The molecule has 1 aromatic rings. The van der Waals surface area contributed by atoms with Gasteiger partial charge in [0.1, 0.15) is 5.75 Å². The lowest BCUT2D eigenvalue weighted by molar-refractivity contribution is -0.122. The maximum Gasteiger partial charge on any atom is 0.454 e. The number of alkyl halides is 3. The van der Waals surface area contributed by atoms with Gasteiger partial charge in [0.05, 0.1) is 13.2 Å². The lowest BCUT2D eigenvalue weighted by atomic mass is 10.3. The molecule has 0 radical (unpaired) electrons. The van der Waals surface area contributed by atoms with E-state index < -0.39 is 17.9 Å². The van der Waals surface area contributed by atoms with Gasteiger partial charge in [-0.2, -0.15) is 17.6 Å². The molecule has 0 unspecified atom stereocenters. The van der Waals surface area contributed by atoms with E-state index >= 15 is 0 Å². The summed E-state index contributed by atoms with van der Waals surface area (Å²) in [4.78, 5) is 0.941. The molecular formula is C13H12ClF4NO2.